The SMILES string of the molecule is CCC(C)NC(=O)C(C)NC(=O)c1csc(CN)n1.Cl. The van der Waals surface area contributed by atoms with E-state index in [-0.39, 0.29) is 30.3 Å². The molecule has 1 rings (SSSR count). The number of aromatic nitrogens is 1. The molecule has 0 spiro atoms. The summed E-state index contributed by atoms with van der Waals surface area (Å²) < 4.78 is 0. The Morgan fingerprint density at radius 3 is 2.55 bits per heavy atom. The van der Waals surface area contributed by atoms with Crippen LogP contribution < -0.4 is 16.4 Å². The first kappa shape index (κ1) is 18.8. The molecular weight excluding hydrogens is 300 g/mol. The van der Waals surface area contributed by atoms with Crippen molar-refractivity contribution in [3.05, 3.63) is 16.1 Å². The van der Waals surface area contributed by atoms with E-state index in [1.807, 2.05) is 13.8 Å². The Bertz CT molecular complexity index is 452. The Morgan fingerprint density at radius 1 is 1.40 bits per heavy atom. The summed E-state index contributed by atoms with van der Waals surface area (Å²) in [6.45, 7) is 5.85. The summed E-state index contributed by atoms with van der Waals surface area (Å²) >= 11 is 1.33. The number of carbonyl (C=O) groups excluding carboxylic acids is 2. The molecule has 6 nitrogen and oxygen atoms in total. The lowest BCUT2D eigenvalue weighted by atomic mass is 10.2. The summed E-state index contributed by atoms with van der Waals surface area (Å²) in [6.07, 6.45) is 0.846. The van der Waals surface area contributed by atoms with Gasteiger partial charge in [0.05, 0.1) is 0 Å². The van der Waals surface area contributed by atoms with Gasteiger partial charge in [-0.05, 0) is 20.3 Å². The quantitative estimate of drug-likeness (QED) is 0.730. The minimum Gasteiger partial charge on any atom is -0.352 e. The van der Waals surface area contributed by atoms with Crippen LogP contribution >= 0.6 is 23.7 Å². The van der Waals surface area contributed by atoms with Gasteiger partial charge in [-0.2, -0.15) is 0 Å². The van der Waals surface area contributed by atoms with E-state index in [0.717, 1.165) is 6.42 Å². The smallest absolute Gasteiger partial charge is 0.271 e. The molecule has 114 valence electrons. The number of halogens is 1. The third kappa shape index (κ3) is 5.44. The molecule has 1 aromatic rings. The van der Waals surface area contributed by atoms with Gasteiger partial charge in [-0.15, -0.1) is 23.7 Å². The van der Waals surface area contributed by atoms with Crippen molar-refractivity contribution in [1.29, 1.82) is 0 Å². The summed E-state index contributed by atoms with van der Waals surface area (Å²) in [7, 11) is 0. The van der Waals surface area contributed by atoms with Gasteiger partial charge in [0, 0.05) is 18.0 Å². The van der Waals surface area contributed by atoms with Gasteiger partial charge < -0.3 is 16.4 Å². The number of nitrogens with zero attached hydrogens (tertiary/aromatic N) is 1. The molecule has 8 heteroatoms. The maximum Gasteiger partial charge on any atom is 0.271 e. The lowest BCUT2D eigenvalue weighted by Gasteiger charge is -2.16. The van der Waals surface area contributed by atoms with Crippen molar-refractivity contribution in [2.24, 2.45) is 5.73 Å². The van der Waals surface area contributed by atoms with Crippen LogP contribution in [0.2, 0.25) is 0 Å². The molecule has 0 radical (unpaired) electrons. The van der Waals surface area contributed by atoms with Crippen molar-refractivity contribution >= 4 is 35.6 Å². The highest BCUT2D eigenvalue weighted by molar-refractivity contribution is 7.09. The van der Waals surface area contributed by atoms with Gasteiger partial charge >= 0.3 is 0 Å². The molecule has 2 atom stereocenters. The Morgan fingerprint density at radius 2 is 2.05 bits per heavy atom. The largest absolute Gasteiger partial charge is 0.352 e. The second kappa shape index (κ2) is 8.89. The molecule has 2 unspecified atom stereocenters. The number of rotatable bonds is 6. The van der Waals surface area contributed by atoms with Gasteiger partial charge in [0.15, 0.2) is 0 Å². The number of nitrogens with one attached hydrogen (secondary N) is 2. The Labute approximate surface area is 128 Å². The number of amides is 2. The Balaban J connectivity index is 0.00000361. The standard InChI is InChI=1S/C12H20N4O2S.ClH/c1-4-7(2)14-11(17)8(3)15-12(18)9-6-19-10(5-13)16-9;/h6-8H,4-5,13H2,1-3H3,(H,14,17)(H,15,18);1H. The molecule has 0 aromatic carbocycles. The summed E-state index contributed by atoms with van der Waals surface area (Å²) in [6, 6.07) is -0.500. The van der Waals surface area contributed by atoms with Crippen LogP contribution in [0.5, 0.6) is 0 Å². The molecule has 1 heterocycles. The van der Waals surface area contributed by atoms with Gasteiger partial charge in [0.2, 0.25) is 5.91 Å². The molecular formula is C12H21ClN4O2S. The second-order valence-electron chi connectivity index (χ2n) is 4.34. The number of nitrogens with two attached hydrogens (primary N) is 1. The van der Waals surface area contributed by atoms with Gasteiger partial charge in [-0.1, -0.05) is 6.92 Å². The summed E-state index contributed by atoms with van der Waals surface area (Å²) in [5.74, 6) is -0.556. The van der Waals surface area contributed by atoms with E-state index < -0.39 is 6.04 Å². The highest BCUT2D eigenvalue weighted by atomic mass is 35.5. The van der Waals surface area contributed by atoms with Crippen LogP contribution in [0, 0.1) is 0 Å². The number of carbonyl (C=O) groups is 2. The van der Waals surface area contributed by atoms with Gasteiger partial charge in [0.1, 0.15) is 16.7 Å². The topological polar surface area (TPSA) is 97.1 Å². The van der Waals surface area contributed by atoms with Crippen LogP contribution in [0.3, 0.4) is 0 Å². The lowest BCUT2D eigenvalue weighted by molar-refractivity contribution is -0.123. The van der Waals surface area contributed by atoms with Crippen molar-refractivity contribution in [2.45, 2.75) is 45.8 Å². The molecule has 2 amide bonds. The van der Waals surface area contributed by atoms with Crippen molar-refractivity contribution in [3.63, 3.8) is 0 Å². The molecule has 4 N–H and O–H groups in total. The number of hydrogen-bond donors (Lipinski definition) is 3. The number of hydrogen-bond acceptors (Lipinski definition) is 5. The predicted octanol–water partition coefficient (Wildman–Crippen LogP) is 1.06. The molecule has 1 aromatic heterocycles. The van der Waals surface area contributed by atoms with Crippen molar-refractivity contribution in [2.75, 3.05) is 0 Å². The zero-order chi connectivity index (χ0) is 14.4. The van der Waals surface area contributed by atoms with Gasteiger partial charge in [-0.3, -0.25) is 9.59 Å². The van der Waals surface area contributed by atoms with E-state index >= 15 is 0 Å². The van der Waals surface area contributed by atoms with E-state index in [9.17, 15) is 9.59 Å². The fourth-order valence-corrected chi connectivity index (χ4v) is 1.97. The molecule has 0 aliphatic heterocycles. The fraction of sp³-hybridized carbons (Fsp3) is 0.583. The molecule has 0 fully saturated rings. The first-order chi connectivity index (χ1) is 8.97. The highest BCUT2D eigenvalue weighted by Gasteiger charge is 2.19. The minimum absolute atomic E-state index is 0. The normalized spacial score (nSPS) is 13.0. The van der Waals surface area contributed by atoms with Crippen molar-refractivity contribution in [3.8, 4) is 0 Å². The van der Waals surface area contributed by atoms with Crippen LogP contribution in [-0.4, -0.2) is 28.9 Å². The van der Waals surface area contributed by atoms with Crippen molar-refractivity contribution < 1.29 is 9.59 Å². The zero-order valence-electron chi connectivity index (χ0n) is 11.8. The van der Waals surface area contributed by atoms with Crippen LogP contribution in [-0.2, 0) is 11.3 Å². The Kier molecular flexibility index (Phi) is 8.36. The third-order valence-corrected chi connectivity index (χ3v) is 3.57. The summed E-state index contributed by atoms with van der Waals surface area (Å²) in [5, 5.41) is 7.76. The maximum atomic E-state index is 11.9. The average molecular weight is 321 g/mol. The van der Waals surface area contributed by atoms with E-state index in [4.69, 9.17) is 5.73 Å². The lowest BCUT2D eigenvalue weighted by Crippen LogP contribution is -2.47. The molecule has 0 saturated heterocycles. The number of thiazole rings is 1. The molecule has 20 heavy (non-hydrogen) atoms. The van der Waals surface area contributed by atoms with Gasteiger partial charge in [-0.25, -0.2) is 4.98 Å². The zero-order valence-corrected chi connectivity index (χ0v) is 13.4. The molecule has 0 aliphatic carbocycles. The summed E-state index contributed by atoms with van der Waals surface area (Å²) in [5.41, 5.74) is 5.73. The first-order valence-electron chi connectivity index (χ1n) is 6.23. The minimum atomic E-state index is -0.593. The monoisotopic (exact) mass is 320 g/mol. The van der Waals surface area contributed by atoms with Gasteiger partial charge in [0.25, 0.3) is 5.91 Å². The average Bonchev–Trinajstić information content (AvgIpc) is 2.87. The predicted molar refractivity (Wildman–Crippen MR) is 82.1 cm³/mol. The molecule has 0 saturated carbocycles. The first-order valence-corrected chi connectivity index (χ1v) is 7.11. The summed E-state index contributed by atoms with van der Waals surface area (Å²) in [4.78, 5) is 27.7. The fourth-order valence-electron chi connectivity index (χ4n) is 1.31. The van der Waals surface area contributed by atoms with E-state index in [0.29, 0.717) is 17.2 Å². The molecule has 0 bridgehead atoms. The van der Waals surface area contributed by atoms with Crippen LogP contribution in [0.15, 0.2) is 5.38 Å². The van der Waals surface area contributed by atoms with Crippen LogP contribution in [0.25, 0.3) is 0 Å². The van der Waals surface area contributed by atoms with Crippen molar-refractivity contribution in [1.82, 2.24) is 15.6 Å². The molecule has 0 aliphatic rings. The van der Waals surface area contributed by atoms with Crippen LogP contribution in [0.4, 0.5) is 0 Å². The van der Waals surface area contributed by atoms with E-state index in [2.05, 4.69) is 15.6 Å². The van der Waals surface area contributed by atoms with E-state index in [1.54, 1.807) is 12.3 Å². The Hall–Kier alpha value is -1.18. The highest BCUT2D eigenvalue weighted by Crippen LogP contribution is 2.08. The second-order valence-corrected chi connectivity index (χ2v) is 5.29. The van der Waals surface area contributed by atoms with Crippen LogP contribution in [0.1, 0.15) is 42.7 Å². The third-order valence-electron chi connectivity index (χ3n) is 2.70. The maximum absolute atomic E-state index is 11.9. The van der Waals surface area contributed by atoms with E-state index in [1.165, 1.54) is 11.3 Å².